The van der Waals surface area contributed by atoms with Crippen molar-refractivity contribution in [3.63, 3.8) is 0 Å². The average molecular weight is 298 g/mol. The topological polar surface area (TPSA) is 84.6 Å². The molecule has 3 rings (SSSR count). The molecule has 4 N–H and O–H groups in total. The van der Waals surface area contributed by atoms with Crippen molar-refractivity contribution in [3.05, 3.63) is 29.3 Å². The quantitative estimate of drug-likeness (QED) is 0.789. The van der Waals surface area contributed by atoms with Crippen LogP contribution in [0.4, 0.5) is 14.5 Å². The Hall–Kier alpha value is -1.73. The van der Waals surface area contributed by atoms with Gasteiger partial charge in [0.2, 0.25) is 0 Å². The Bertz CT molecular complexity index is 582. The van der Waals surface area contributed by atoms with E-state index in [1.807, 2.05) is 0 Å². The van der Waals surface area contributed by atoms with E-state index >= 15 is 0 Å². The third-order valence-electron chi connectivity index (χ3n) is 4.31. The summed E-state index contributed by atoms with van der Waals surface area (Å²) in [6.45, 7) is 0.640. The average Bonchev–Trinajstić information content (AvgIpc) is 2.47. The molecule has 1 heterocycles. The van der Waals surface area contributed by atoms with Crippen LogP contribution in [0.15, 0.2) is 12.1 Å². The fourth-order valence-corrected chi connectivity index (χ4v) is 3.13. The molecule has 0 bridgehead atoms. The second-order valence-corrected chi connectivity index (χ2v) is 5.48. The van der Waals surface area contributed by atoms with Crippen molar-refractivity contribution in [1.82, 2.24) is 0 Å². The second-order valence-electron chi connectivity index (χ2n) is 5.48. The largest absolute Gasteiger partial charge is 0.478 e. The predicted octanol–water partition coefficient (Wildman–Crippen LogP) is 1.58. The van der Waals surface area contributed by atoms with Gasteiger partial charge in [0.05, 0.1) is 23.4 Å². The Balaban J connectivity index is 1.79. The van der Waals surface area contributed by atoms with Gasteiger partial charge in [-0.15, -0.1) is 0 Å². The Morgan fingerprint density at radius 3 is 2.86 bits per heavy atom. The summed E-state index contributed by atoms with van der Waals surface area (Å²) in [5, 5.41) is 11.6. The Morgan fingerprint density at radius 1 is 1.38 bits per heavy atom. The fourth-order valence-electron chi connectivity index (χ4n) is 3.13. The first kappa shape index (κ1) is 14.2. The lowest BCUT2D eigenvalue weighted by Gasteiger charge is -2.52. The molecule has 0 aromatic heterocycles. The minimum Gasteiger partial charge on any atom is -0.478 e. The molecule has 4 atom stereocenters. The van der Waals surface area contributed by atoms with Crippen molar-refractivity contribution in [2.45, 2.75) is 31.0 Å². The van der Waals surface area contributed by atoms with E-state index in [1.165, 1.54) is 6.07 Å². The molecule has 7 heteroatoms. The van der Waals surface area contributed by atoms with Gasteiger partial charge in [-0.1, -0.05) is 0 Å². The first-order valence-electron chi connectivity index (χ1n) is 6.85. The third kappa shape index (κ3) is 2.26. The van der Waals surface area contributed by atoms with Gasteiger partial charge in [0.1, 0.15) is 0 Å². The molecule has 2 fully saturated rings. The molecule has 5 nitrogen and oxygen atoms in total. The van der Waals surface area contributed by atoms with Gasteiger partial charge in [-0.3, -0.25) is 0 Å². The van der Waals surface area contributed by atoms with Crippen molar-refractivity contribution in [2.24, 2.45) is 11.7 Å². The van der Waals surface area contributed by atoms with Crippen molar-refractivity contribution >= 4 is 11.7 Å². The molecule has 114 valence electrons. The fraction of sp³-hybridized carbons (Fsp3) is 0.500. The molecule has 1 aliphatic carbocycles. The number of fused-ring (bicyclic) bond motifs is 1. The minimum absolute atomic E-state index is 0.0921. The molecule has 4 unspecified atom stereocenters. The summed E-state index contributed by atoms with van der Waals surface area (Å²) in [5.74, 6) is -3.85. The van der Waals surface area contributed by atoms with Crippen LogP contribution in [-0.4, -0.2) is 35.9 Å². The molecule has 1 aromatic carbocycles. The van der Waals surface area contributed by atoms with Gasteiger partial charge in [0.15, 0.2) is 11.6 Å². The maximum Gasteiger partial charge on any atom is 0.338 e. The Labute approximate surface area is 120 Å². The van der Waals surface area contributed by atoms with Gasteiger partial charge in [0, 0.05) is 18.6 Å². The van der Waals surface area contributed by atoms with Crippen LogP contribution >= 0.6 is 0 Å². The number of hydrogen-bond donors (Lipinski definition) is 3. The molecule has 1 aliphatic heterocycles. The smallest absolute Gasteiger partial charge is 0.338 e. The van der Waals surface area contributed by atoms with Gasteiger partial charge < -0.3 is 20.9 Å². The highest BCUT2D eigenvalue weighted by Crippen LogP contribution is 2.39. The molecule has 1 saturated heterocycles. The summed E-state index contributed by atoms with van der Waals surface area (Å²) >= 11 is 0. The molecule has 1 aromatic rings. The number of ether oxygens (including phenoxy) is 1. The van der Waals surface area contributed by atoms with Crippen molar-refractivity contribution in [3.8, 4) is 0 Å². The van der Waals surface area contributed by atoms with Crippen molar-refractivity contribution < 1.29 is 23.4 Å². The number of carboxylic acids is 1. The number of anilines is 1. The molecule has 2 aliphatic rings. The van der Waals surface area contributed by atoms with E-state index in [9.17, 15) is 13.6 Å². The van der Waals surface area contributed by atoms with Gasteiger partial charge in [-0.25, -0.2) is 13.6 Å². The van der Waals surface area contributed by atoms with E-state index in [-0.39, 0.29) is 29.8 Å². The Morgan fingerprint density at radius 2 is 2.14 bits per heavy atom. The lowest BCUT2D eigenvalue weighted by atomic mass is 9.68. The lowest BCUT2D eigenvalue weighted by molar-refractivity contribution is -0.104. The van der Waals surface area contributed by atoms with E-state index < -0.39 is 23.2 Å². The number of rotatable bonds is 3. The number of halogens is 2. The van der Waals surface area contributed by atoms with Gasteiger partial charge in [-0.2, -0.15) is 0 Å². The van der Waals surface area contributed by atoms with Crippen molar-refractivity contribution in [1.29, 1.82) is 0 Å². The number of aromatic carboxylic acids is 1. The molecule has 1 saturated carbocycles. The maximum atomic E-state index is 13.9. The number of nitrogens with one attached hydrogen (secondary N) is 1. The molecule has 0 amide bonds. The monoisotopic (exact) mass is 298 g/mol. The van der Waals surface area contributed by atoms with Crippen LogP contribution in [0.25, 0.3) is 0 Å². The lowest BCUT2D eigenvalue weighted by Crippen LogP contribution is -2.69. The van der Waals surface area contributed by atoms with Gasteiger partial charge in [-0.05, 0) is 25.0 Å². The molecular weight excluding hydrogens is 282 g/mol. The SMILES string of the molecule is NC1C2CCCOC2C1Nc1ccc(C(=O)O)c(F)c1F. The minimum atomic E-state index is -1.51. The van der Waals surface area contributed by atoms with Crippen LogP contribution < -0.4 is 11.1 Å². The first-order chi connectivity index (χ1) is 10.0. The zero-order valence-corrected chi connectivity index (χ0v) is 11.2. The predicted molar refractivity (Wildman–Crippen MR) is 71.2 cm³/mol. The van der Waals surface area contributed by atoms with Crippen LogP contribution in [0.2, 0.25) is 0 Å². The van der Waals surface area contributed by atoms with E-state index in [4.69, 9.17) is 15.6 Å². The second kappa shape index (κ2) is 5.23. The summed E-state index contributed by atoms with van der Waals surface area (Å²) < 4.78 is 33.2. The normalized spacial score (nSPS) is 31.2. The summed E-state index contributed by atoms with van der Waals surface area (Å²) in [6, 6.07) is 1.77. The van der Waals surface area contributed by atoms with E-state index in [2.05, 4.69) is 5.32 Å². The summed E-state index contributed by atoms with van der Waals surface area (Å²) in [4.78, 5) is 10.7. The van der Waals surface area contributed by atoms with E-state index in [1.54, 1.807) is 0 Å². The Kier molecular flexibility index (Phi) is 3.54. The van der Waals surface area contributed by atoms with Crippen LogP contribution in [0, 0.1) is 17.6 Å². The third-order valence-corrected chi connectivity index (χ3v) is 4.31. The van der Waals surface area contributed by atoms with Gasteiger partial charge >= 0.3 is 5.97 Å². The van der Waals surface area contributed by atoms with E-state index in [0.29, 0.717) is 6.61 Å². The summed E-state index contributed by atoms with van der Waals surface area (Å²) in [6.07, 6.45) is 1.83. The van der Waals surface area contributed by atoms with Crippen LogP contribution in [0.5, 0.6) is 0 Å². The zero-order chi connectivity index (χ0) is 15.1. The standard InChI is InChI=1S/C14H16F2N2O3/c15-9-6(14(19)20)3-4-8(10(9)16)18-12-11(17)7-2-1-5-21-13(7)12/h3-4,7,11-13,18H,1-2,5,17H2,(H,19,20). The first-order valence-corrected chi connectivity index (χ1v) is 6.85. The number of carboxylic acid groups (broad SMARTS) is 1. The molecule has 21 heavy (non-hydrogen) atoms. The van der Waals surface area contributed by atoms with Crippen LogP contribution in [0.3, 0.4) is 0 Å². The summed E-state index contributed by atoms with van der Waals surface area (Å²) in [7, 11) is 0. The molecule has 0 spiro atoms. The highest BCUT2D eigenvalue weighted by molar-refractivity contribution is 5.88. The highest BCUT2D eigenvalue weighted by atomic mass is 19.2. The van der Waals surface area contributed by atoms with Crippen molar-refractivity contribution in [2.75, 3.05) is 11.9 Å². The van der Waals surface area contributed by atoms with E-state index in [0.717, 1.165) is 18.9 Å². The number of nitrogens with two attached hydrogens (primary N) is 1. The van der Waals surface area contributed by atoms with Crippen LogP contribution in [0.1, 0.15) is 23.2 Å². The molecular formula is C14H16F2N2O3. The number of benzene rings is 1. The number of carbonyl (C=O) groups is 1. The molecule has 0 radical (unpaired) electrons. The highest BCUT2D eigenvalue weighted by Gasteiger charge is 2.50. The number of hydrogen-bond acceptors (Lipinski definition) is 4. The van der Waals surface area contributed by atoms with Gasteiger partial charge in [0.25, 0.3) is 0 Å². The summed E-state index contributed by atoms with van der Waals surface area (Å²) in [5.41, 5.74) is 5.25. The zero-order valence-electron chi connectivity index (χ0n) is 11.2. The van der Waals surface area contributed by atoms with Crippen LogP contribution in [-0.2, 0) is 4.74 Å². The maximum absolute atomic E-state index is 13.9.